The van der Waals surface area contributed by atoms with Crippen LogP contribution in [0.5, 0.6) is 0 Å². The minimum Gasteiger partial charge on any atom is -0.478 e. The van der Waals surface area contributed by atoms with Crippen LogP contribution in [0.2, 0.25) is 0 Å². The van der Waals surface area contributed by atoms with E-state index in [0.29, 0.717) is 10.6 Å². The lowest BCUT2D eigenvalue weighted by Gasteiger charge is -2.18. The zero-order valence-corrected chi connectivity index (χ0v) is 8.88. The molecule has 1 aromatic carbocycles. The molecule has 0 bridgehead atoms. The number of nitrogens with two attached hydrogens (primary N) is 2. The maximum Gasteiger partial charge on any atom is 0.335 e. The summed E-state index contributed by atoms with van der Waals surface area (Å²) in [6, 6.07) is 4.44. The Morgan fingerprint density at radius 2 is 2.12 bits per heavy atom. The third kappa shape index (κ3) is 1.59. The summed E-state index contributed by atoms with van der Waals surface area (Å²) in [5.74, 6) is -1.73. The van der Waals surface area contributed by atoms with Gasteiger partial charge in [-0.2, -0.15) is 0 Å². The Bertz CT molecular complexity index is 491. The number of hydrogen-bond acceptors (Lipinski definition) is 5. The van der Waals surface area contributed by atoms with Crippen LogP contribution in [-0.2, 0) is 4.79 Å². The standard InChI is InChI=1S/C9H9N3O3S/c10-8(15)9(11)12-5-2-1-4(7(13)14)3-6(5)16-9/h1-3,12H,11H2,(H2,10,15)(H,13,14)/t9-/m0/s1. The summed E-state index contributed by atoms with van der Waals surface area (Å²) in [4.78, 5) is 21.0. The van der Waals surface area contributed by atoms with Crippen molar-refractivity contribution in [2.24, 2.45) is 11.5 Å². The SMILES string of the molecule is NC(=O)[C@]1(N)Nc2ccc(C(=O)O)cc2S1. The van der Waals surface area contributed by atoms with E-state index in [1.807, 2.05) is 0 Å². The van der Waals surface area contributed by atoms with Crippen molar-refractivity contribution in [2.75, 3.05) is 5.32 Å². The molecule has 0 aliphatic carbocycles. The highest BCUT2D eigenvalue weighted by atomic mass is 32.2. The molecule has 1 atom stereocenters. The highest BCUT2D eigenvalue weighted by Gasteiger charge is 2.39. The Morgan fingerprint density at radius 3 is 2.69 bits per heavy atom. The number of carbonyl (C=O) groups is 2. The summed E-state index contributed by atoms with van der Waals surface area (Å²) in [5.41, 5.74) is 11.6. The van der Waals surface area contributed by atoms with E-state index in [-0.39, 0.29) is 5.56 Å². The Morgan fingerprint density at radius 1 is 1.44 bits per heavy atom. The molecule has 0 aromatic heterocycles. The number of carboxylic acids is 1. The van der Waals surface area contributed by atoms with Gasteiger partial charge < -0.3 is 16.2 Å². The highest BCUT2D eigenvalue weighted by Crippen LogP contribution is 2.42. The van der Waals surface area contributed by atoms with Crippen molar-refractivity contribution < 1.29 is 14.7 Å². The van der Waals surface area contributed by atoms with Gasteiger partial charge in [0.05, 0.1) is 11.3 Å². The zero-order chi connectivity index (χ0) is 11.9. The molecule has 1 aliphatic rings. The maximum atomic E-state index is 11.1. The number of nitrogens with one attached hydrogen (secondary N) is 1. The second-order valence-corrected chi connectivity index (χ2v) is 4.63. The molecular weight excluding hydrogens is 230 g/mol. The largest absolute Gasteiger partial charge is 0.478 e. The molecule has 6 nitrogen and oxygen atoms in total. The number of primary amides is 1. The third-order valence-electron chi connectivity index (χ3n) is 2.19. The van der Waals surface area contributed by atoms with Crippen molar-refractivity contribution in [3.8, 4) is 0 Å². The summed E-state index contributed by atoms with van der Waals surface area (Å²) in [6.45, 7) is 0. The van der Waals surface area contributed by atoms with Crippen molar-refractivity contribution in [2.45, 2.75) is 9.89 Å². The fraction of sp³-hybridized carbons (Fsp3) is 0.111. The van der Waals surface area contributed by atoms with E-state index in [4.69, 9.17) is 16.6 Å². The van der Waals surface area contributed by atoms with Gasteiger partial charge in [0.2, 0.25) is 4.99 Å². The lowest BCUT2D eigenvalue weighted by atomic mass is 10.2. The fourth-order valence-corrected chi connectivity index (χ4v) is 2.38. The van der Waals surface area contributed by atoms with E-state index in [1.165, 1.54) is 12.1 Å². The van der Waals surface area contributed by atoms with Crippen LogP contribution >= 0.6 is 11.8 Å². The number of anilines is 1. The van der Waals surface area contributed by atoms with E-state index in [9.17, 15) is 9.59 Å². The second kappa shape index (κ2) is 3.39. The van der Waals surface area contributed by atoms with Crippen molar-refractivity contribution in [1.29, 1.82) is 0 Å². The molecule has 2 rings (SSSR count). The van der Waals surface area contributed by atoms with Crippen molar-refractivity contribution >= 4 is 29.3 Å². The van der Waals surface area contributed by atoms with Crippen molar-refractivity contribution in [3.05, 3.63) is 23.8 Å². The number of carboxylic acid groups (broad SMARTS) is 1. The summed E-state index contributed by atoms with van der Waals surface area (Å²) in [5, 5.41) is 11.6. The van der Waals surface area contributed by atoms with E-state index in [0.717, 1.165) is 11.8 Å². The molecule has 0 fully saturated rings. The summed E-state index contributed by atoms with van der Waals surface area (Å²) < 4.78 is 0. The molecule has 7 heteroatoms. The molecule has 0 saturated carbocycles. The zero-order valence-electron chi connectivity index (χ0n) is 8.06. The lowest BCUT2D eigenvalue weighted by molar-refractivity contribution is -0.119. The molecule has 0 unspecified atom stereocenters. The number of aromatic carboxylic acids is 1. The number of fused-ring (bicyclic) bond motifs is 1. The normalized spacial score (nSPS) is 22.3. The number of benzene rings is 1. The number of carbonyl (C=O) groups excluding carboxylic acids is 1. The molecule has 1 aromatic rings. The number of hydrogen-bond donors (Lipinski definition) is 4. The third-order valence-corrected chi connectivity index (χ3v) is 3.37. The monoisotopic (exact) mass is 239 g/mol. The van der Waals surface area contributed by atoms with E-state index >= 15 is 0 Å². The smallest absolute Gasteiger partial charge is 0.335 e. The van der Waals surface area contributed by atoms with Crippen molar-refractivity contribution in [3.63, 3.8) is 0 Å². The molecule has 0 radical (unpaired) electrons. The topological polar surface area (TPSA) is 118 Å². The summed E-state index contributed by atoms with van der Waals surface area (Å²) >= 11 is 1.01. The first kappa shape index (κ1) is 10.8. The molecule has 0 saturated heterocycles. The summed E-state index contributed by atoms with van der Waals surface area (Å²) in [6.07, 6.45) is 0. The minimum atomic E-state index is -1.40. The predicted octanol–water partition coefficient (Wildman–Crippen LogP) is 0.000200. The maximum absolute atomic E-state index is 11.1. The predicted molar refractivity (Wildman–Crippen MR) is 59.0 cm³/mol. The van der Waals surface area contributed by atoms with Crippen LogP contribution in [0.1, 0.15) is 10.4 Å². The average molecular weight is 239 g/mol. The molecule has 0 spiro atoms. The minimum absolute atomic E-state index is 0.141. The molecule has 6 N–H and O–H groups in total. The molecule has 1 heterocycles. The van der Waals surface area contributed by atoms with Crippen LogP contribution in [0.25, 0.3) is 0 Å². The Balaban J connectivity index is 2.38. The van der Waals surface area contributed by atoms with Gasteiger partial charge in [0, 0.05) is 4.90 Å². The highest BCUT2D eigenvalue weighted by molar-refractivity contribution is 8.02. The van der Waals surface area contributed by atoms with Gasteiger partial charge in [0.1, 0.15) is 0 Å². The van der Waals surface area contributed by atoms with E-state index < -0.39 is 16.9 Å². The fourth-order valence-electron chi connectivity index (χ4n) is 1.35. The molecular formula is C9H9N3O3S. The van der Waals surface area contributed by atoms with Gasteiger partial charge in [-0.15, -0.1) is 0 Å². The molecule has 16 heavy (non-hydrogen) atoms. The molecule has 1 amide bonds. The average Bonchev–Trinajstić information content (AvgIpc) is 2.54. The van der Waals surface area contributed by atoms with Gasteiger partial charge in [-0.25, -0.2) is 4.79 Å². The second-order valence-electron chi connectivity index (χ2n) is 3.34. The van der Waals surface area contributed by atoms with E-state index in [1.54, 1.807) is 6.07 Å². The quantitative estimate of drug-likeness (QED) is 0.577. The van der Waals surface area contributed by atoms with Gasteiger partial charge in [0.25, 0.3) is 5.91 Å². The van der Waals surface area contributed by atoms with Gasteiger partial charge in [-0.1, -0.05) is 11.8 Å². The first-order valence-corrected chi connectivity index (χ1v) is 5.17. The van der Waals surface area contributed by atoms with Crippen LogP contribution < -0.4 is 16.8 Å². The first-order chi connectivity index (χ1) is 7.42. The van der Waals surface area contributed by atoms with Gasteiger partial charge in [-0.3, -0.25) is 10.5 Å². The van der Waals surface area contributed by atoms with Gasteiger partial charge in [-0.05, 0) is 18.2 Å². The Labute approximate surface area is 95.0 Å². The number of rotatable bonds is 2. The number of amides is 1. The Hall–Kier alpha value is -1.73. The van der Waals surface area contributed by atoms with Crippen LogP contribution in [0.4, 0.5) is 5.69 Å². The Kier molecular flexibility index (Phi) is 2.28. The lowest BCUT2D eigenvalue weighted by Crippen LogP contribution is -2.53. The first-order valence-electron chi connectivity index (χ1n) is 4.36. The molecule has 84 valence electrons. The summed E-state index contributed by atoms with van der Waals surface area (Å²) in [7, 11) is 0. The van der Waals surface area contributed by atoms with Crippen molar-refractivity contribution in [1.82, 2.24) is 0 Å². The van der Waals surface area contributed by atoms with Gasteiger partial charge >= 0.3 is 5.97 Å². The van der Waals surface area contributed by atoms with E-state index in [2.05, 4.69) is 5.32 Å². The number of thioether (sulfide) groups is 1. The van der Waals surface area contributed by atoms with Crippen LogP contribution in [-0.4, -0.2) is 22.0 Å². The van der Waals surface area contributed by atoms with Crippen LogP contribution in [0, 0.1) is 0 Å². The van der Waals surface area contributed by atoms with Crippen LogP contribution in [0.3, 0.4) is 0 Å². The molecule has 1 aliphatic heterocycles. The van der Waals surface area contributed by atoms with Crippen LogP contribution in [0.15, 0.2) is 23.1 Å². The van der Waals surface area contributed by atoms with Gasteiger partial charge in [0.15, 0.2) is 0 Å².